The van der Waals surface area contributed by atoms with Crippen LogP contribution in [-0.2, 0) is 17.1 Å². The van der Waals surface area contributed by atoms with Gasteiger partial charge >= 0.3 is 0 Å². The first kappa shape index (κ1) is 10.5. The van der Waals surface area contributed by atoms with Crippen LogP contribution >= 0.6 is 0 Å². The Bertz CT molecular complexity index is 33.2. The van der Waals surface area contributed by atoms with Gasteiger partial charge in [0.05, 0.1) is 0 Å². The van der Waals surface area contributed by atoms with E-state index in [1.54, 1.807) is 0 Å². The van der Waals surface area contributed by atoms with Gasteiger partial charge in [-0.15, -0.1) is 0 Å². The van der Waals surface area contributed by atoms with Gasteiger partial charge in [0.15, 0.2) is 0 Å². The van der Waals surface area contributed by atoms with Crippen molar-refractivity contribution in [3.05, 3.63) is 0 Å². The van der Waals surface area contributed by atoms with Gasteiger partial charge in [0, 0.05) is 17.1 Å². The Morgan fingerprint density at radius 1 is 0.300 bits per heavy atom. The van der Waals surface area contributed by atoms with Crippen LogP contribution in [0.25, 0.3) is 0 Å². The first-order valence-electron chi connectivity index (χ1n) is 4.50. The van der Waals surface area contributed by atoms with Gasteiger partial charge in [0.2, 0.25) is 0 Å². The summed E-state index contributed by atoms with van der Waals surface area (Å²) in [5, 5.41) is 0. The standard InChI is InChI=1S/C9H18.Mn/c1-2-4-6-8-9-7-5-3-1;/h1-9H2;. The second kappa shape index (κ2) is 7.62. The fraction of sp³-hybridized carbons (Fsp3) is 1.00. The Hall–Kier alpha value is 0.519. The molecule has 0 unspecified atom stereocenters. The molecule has 0 amide bonds. The zero-order valence-electron chi connectivity index (χ0n) is 6.74. The molecule has 0 aromatic carbocycles. The smallest absolute Gasteiger partial charge is 0 e. The summed E-state index contributed by atoms with van der Waals surface area (Å²) in [5.41, 5.74) is 0. The molecule has 0 spiro atoms. The van der Waals surface area contributed by atoms with Crippen molar-refractivity contribution in [1.82, 2.24) is 0 Å². The van der Waals surface area contributed by atoms with Crippen LogP contribution in [0.3, 0.4) is 0 Å². The van der Waals surface area contributed by atoms with Gasteiger partial charge in [0.25, 0.3) is 0 Å². The number of rotatable bonds is 0. The normalized spacial score (nSPS) is 21.6. The van der Waals surface area contributed by atoms with E-state index < -0.39 is 0 Å². The van der Waals surface area contributed by atoms with E-state index >= 15 is 0 Å². The summed E-state index contributed by atoms with van der Waals surface area (Å²) in [6.45, 7) is 0. The molecule has 1 radical (unpaired) electrons. The molecule has 0 aliphatic heterocycles. The molecule has 1 saturated carbocycles. The van der Waals surface area contributed by atoms with E-state index in [4.69, 9.17) is 0 Å². The van der Waals surface area contributed by atoms with Crippen LogP contribution in [0.2, 0.25) is 0 Å². The van der Waals surface area contributed by atoms with Crippen molar-refractivity contribution >= 4 is 0 Å². The van der Waals surface area contributed by atoms with Gasteiger partial charge in [-0.3, -0.25) is 0 Å². The molecule has 0 N–H and O–H groups in total. The minimum absolute atomic E-state index is 0. The summed E-state index contributed by atoms with van der Waals surface area (Å²) in [4.78, 5) is 0. The largest absolute Gasteiger partial charge is 0.0533 e. The summed E-state index contributed by atoms with van der Waals surface area (Å²) in [6.07, 6.45) is 13.5. The molecule has 0 nitrogen and oxygen atoms in total. The Kier molecular flexibility index (Phi) is 8.02. The molecule has 10 heavy (non-hydrogen) atoms. The van der Waals surface area contributed by atoms with E-state index in [0.717, 1.165) is 0 Å². The maximum Gasteiger partial charge on any atom is 0 e. The fourth-order valence-corrected chi connectivity index (χ4v) is 1.59. The molecule has 1 aliphatic rings. The van der Waals surface area contributed by atoms with Gasteiger partial charge in [0.1, 0.15) is 0 Å². The molecular formula is C9H18Mn. The van der Waals surface area contributed by atoms with E-state index in [0.29, 0.717) is 0 Å². The fourth-order valence-electron chi connectivity index (χ4n) is 1.59. The number of hydrogen-bond donors (Lipinski definition) is 0. The van der Waals surface area contributed by atoms with Gasteiger partial charge < -0.3 is 0 Å². The Morgan fingerprint density at radius 2 is 0.400 bits per heavy atom. The SMILES string of the molecule is C1CCCCCCCC1.[Mn]. The predicted molar refractivity (Wildman–Crippen MR) is 41.6 cm³/mol. The second-order valence-electron chi connectivity index (χ2n) is 3.18. The zero-order valence-corrected chi connectivity index (χ0v) is 7.92. The van der Waals surface area contributed by atoms with Crippen molar-refractivity contribution in [3.63, 3.8) is 0 Å². The first-order chi connectivity index (χ1) is 4.50. The number of hydrogen-bond acceptors (Lipinski definition) is 0. The molecule has 0 bridgehead atoms. The molecule has 1 aliphatic carbocycles. The van der Waals surface area contributed by atoms with Gasteiger partial charge in [-0.25, -0.2) is 0 Å². The predicted octanol–water partition coefficient (Wildman–Crippen LogP) is 3.51. The summed E-state index contributed by atoms with van der Waals surface area (Å²) in [5.74, 6) is 0. The van der Waals surface area contributed by atoms with Crippen LogP contribution < -0.4 is 0 Å². The molecule has 1 heteroatoms. The topological polar surface area (TPSA) is 0 Å². The van der Waals surface area contributed by atoms with Crippen molar-refractivity contribution in [3.8, 4) is 0 Å². The summed E-state index contributed by atoms with van der Waals surface area (Å²) in [6, 6.07) is 0. The minimum atomic E-state index is 0. The van der Waals surface area contributed by atoms with E-state index in [1.807, 2.05) is 0 Å². The molecule has 0 aromatic rings. The molecule has 0 aromatic heterocycles. The van der Waals surface area contributed by atoms with Crippen molar-refractivity contribution in [2.45, 2.75) is 57.8 Å². The Morgan fingerprint density at radius 3 is 0.500 bits per heavy atom. The molecule has 0 atom stereocenters. The molecular weight excluding hydrogens is 163 g/mol. The zero-order chi connectivity index (χ0) is 6.36. The monoisotopic (exact) mass is 181 g/mol. The Labute approximate surface area is 75.2 Å². The van der Waals surface area contributed by atoms with Gasteiger partial charge in [-0.05, 0) is 0 Å². The second-order valence-corrected chi connectivity index (χ2v) is 3.18. The van der Waals surface area contributed by atoms with Crippen molar-refractivity contribution in [2.24, 2.45) is 0 Å². The van der Waals surface area contributed by atoms with Crippen molar-refractivity contribution < 1.29 is 17.1 Å². The molecule has 0 saturated heterocycles. The third-order valence-electron chi connectivity index (χ3n) is 2.25. The molecule has 0 heterocycles. The maximum absolute atomic E-state index is 1.50. The van der Waals surface area contributed by atoms with E-state index in [-0.39, 0.29) is 17.1 Å². The summed E-state index contributed by atoms with van der Waals surface area (Å²) < 4.78 is 0. The third kappa shape index (κ3) is 5.32. The van der Waals surface area contributed by atoms with Crippen LogP contribution in [-0.4, -0.2) is 0 Å². The van der Waals surface area contributed by atoms with E-state index in [9.17, 15) is 0 Å². The van der Waals surface area contributed by atoms with Gasteiger partial charge in [-0.1, -0.05) is 57.8 Å². The molecule has 1 fully saturated rings. The summed E-state index contributed by atoms with van der Waals surface area (Å²) >= 11 is 0. The average Bonchev–Trinajstić information content (AvgIpc) is 2.00. The van der Waals surface area contributed by atoms with Crippen LogP contribution in [0.5, 0.6) is 0 Å². The average molecular weight is 181 g/mol. The van der Waals surface area contributed by atoms with Crippen molar-refractivity contribution in [2.75, 3.05) is 0 Å². The van der Waals surface area contributed by atoms with E-state index in [2.05, 4.69) is 0 Å². The minimum Gasteiger partial charge on any atom is -0.0533 e. The van der Waals surface area contributed by atoms with Crippen LogP contribution in [0.1, 0.15) is 57.8 Å². The van der Waals surface area contributed by atoms with Crippen molar-refractivity contribution in [1.29, 1.82) is 0 Å². The quantitative estimate of drug-likeness (QED) is 0.501. The molecule has 1 rings (SSSR count). The van der Waals surface area contributed by atoms with Crippen LogP contribution in [0.4, 0.5) is 0 Å². The van der Waals surface area contributed by atoms with E-state index in [1.165, 1.54) is 57.8 Å². The van der Waals surface area contributed by atoms with Gasteiger partial charge in [-0.2, -0.15) is 0 Å². The maximum atomic E-state index is 1.50. The first-order valence-corrected chi connectivity index (χ1v) is 4.50. The van der Waals surface area contributed by atoms with Crippen LogP contribution in [0, 0.1) is 0 Å². The molecule has 61 valence electrons. The summed E-state index contributed by atoms with van der Waals surface area (Å²) in [7, 11) is 0. The third-order valence-corrected chi connectivity index (χ3v) is 2.25. The Balaban J connectivity index is 0.000000810. The van der Waals surface area contributed by atoms with Crippen LogP contribution in [0.15, 0.2) is 0 Å².